The third kappa shape index (κ3) is 5.50. The van der Waals surface area contributed by atoms with Crippen LogP contribution in [-0.4, -0.2) is 30.2 Å². The molecule has 17 heavy (non-hydrogen) atoms. The first-order valence-corrected chi connectivity index (χ1v) is 6.88. The summed E-state index contributed by atoms with van der Waals surface area (Å²) in [5, 5.41) is 12.3. The molecule has 0 aromatic rings. The van der Waals surface area contributed by atoms with Gasteiger partial charge in [0.25, 0.3) is 0 Å². The van der Waals surface area contributed by atoms with Gasteiger partial charge in [0.05, 0.1) is 0 Å². The first kappa shape index (κ1) is 14.5. The van der Waals surface area contributed by atoms with E-state index in [1.54, 1.807) is 0 Å². The van der Waals surface area contributed by atoms with Crippen molar-refractivity contribution >= 4 is 5.91 Å². The summed E-state index contributed by atoms with van der Waals surface area (Å²) in [5.74, 6) is 0.393. The van der Waals surface area contributed by atoms with Gasteiger partial charge in [0.15, 0.2) is 0 Å². The Morgan fingerprint density at radius 1 is 1.24 bits per heavy atom. The number of carbonyl (C=O) groups excluding carboxylic acids is 1. The first-order chi connectivity index (χ1) is 8.27. The van der Waals surface area contributed by atoms with E-state index >= 15 is 0 Å². The third-order valence-electron chi connectivity index (χ3n) is 3.60. The van der Waals surface area contributed by atoms with Crippen molar-refractivity contribution in [2.75, 3.05) is 13.2 Å². The molecule has 1 aliphatic rings. The van der Waals surface area contributed by atoms with Crippen LogP contribution in [0.1, 0.15) is 51.4 Å². The average molecular weight is 242 g/mol. The van der Waals surface area contributed by atoms with Crippen molar-refractivity contribution in [3.8, 4) is 0 Å². The van der Waals surface area contributed by atoms with Gasteiger partial charge in [-0.15, -0.1) is 0 Å². The van der Waals surface area contributed by atoms with Gasteiger partial charge < -0.3 is 16.2 Å². The molecule has 1 amide bonds. The molecule has 1 fully saturated rings. The van der Waals surface area contributed by atoms with E-state index in [0.29, 0.717) is 13.0 Å². The average Bonchev–Trinajstić information content (AvgIpc) is 2.35. The van der Waals surface area contributed by atoms with Crippen molar-refractivity contribution in [3.63, 3.8) is 0 Å². The number of aliphatic hydroxyl groups is 1. The number of unbranched alkanes of at least 4 members (excludes halogenated alkanes) is 2. The Hall–Kier alpha value is -0.610. The third-order valence-corrected chi connectivity index (χ3v) is 3.60. The maximum atomic E-state index is 11.7. The Morgan fingerprint density at radius 2 is 2.00 bits per heavy atom. The number of nitrogens with two attached hydrogens (primary N) is 1. The van der Waals surface area contributed by atoms with Gasteiger partial charge in [0, 0.05) is 25.0 Å². The molecule has 2 atom stereocenters. The van der Waals surface area contributed by atoms with Crippen molar-refractivity contribution < 1.29 is 9.90 Å². The molecule has 2 unspecified atom stereocenters. The molecule has 0 spiro atoms. The van der Waals surface area contributed by atoms with Crippen LogP contribution in [0.25, 0.3) is 0 Å². The van der Waals surface area contributed by atoms with E-state index in [9.17, 15) is 9.90 Å². The van der Waals surface area contributed by atoms with E-state index in [1.807, 2.05) is 0 Å². The second kappa shape index (κ2) is 8.48. The van der Waals surface area contributed by atoms with Gasteiger partial charge in [-0.2, -0.15) is 0 Å². The minimum absolute atomic E-state index is 0.132. The highest BCUT2D eigenvalue weighted by molar-refractivity contribution is 5.76. The van der Waals surface area contributed by atoms with Gasteiger partial charge in [-0.25, -0.2) is 0 Å². The van der Waals surface area contributed by atoms with Crippen molar-refractivity contribution in [3.05, 3.63) is 0 Å². The standard InChI is InChI=1S/C13H26N2O2/c14-9-5-1-2-8-13(17)15-12-7-4-3-6-11(12)10-16/h11-12,16H,1-10,14H2,(H,15,17). The summed E-state index contributed by atoms with van der Waals surface area (Å²) in [6, 6.07) is 0.191. The van der Waals surface area contributed by atoms with Crippen molar-refractivity contribution in [2.24, 2.45) is 11.7 Å². The van der Waals surface area contributed by atoms with Gasteiger partial charge in [-0.3, -0.25) is 4.79 Å². The number of nitrogens with one attached hydrogen (secondary N) is 1. The van der Waals surface area contributed by atoms with Crippen LogP contribution in [0.2, 0.25) is 0 Å². The molecule has 4 nitrogen and oxygen atoms in total. The number of carbonyl (C=O) groups is 1. The predicted molar refractivity (Wildman–Crippen MR) is 68.5 cm³/mol. The fraction of sp³-hybridized carbons (Fsp3) is 0.923. The fourth-order valence-corrected chi connectivity index (χ4v) is 2.50. The summed E-state index contributed by atoms with van der Waals surface area (Å²) >= 11 is 0. The highest BCUT2D eigenvalue weighted by atomic mass is 16.3. The number of rotatable bonds is 7. The van der Waals surface area contributed by atoms with Crippen LogP contribution in [0, 0.1) is 5.92 Å². The van der Waals surface area contributed by atoms with Crippen molar-refractivity contribution in [2.45, 2.75) is 57.4 Å². The highest BCUT2D eigenvalue weighted by Gasteiger charge is 2.25. The smallest absolute Gasteiger partial charge is 0.220 e. The van der Waals surface area contributed by atoms with Crippen LogP contribution in [0.5, 0.6) is 0 Å². The van der Waals surface area contributed by atoms with Crippen molar-refractivity contribution in [1.82, 2.24) is 5.32 Å². The second-order valence-corrected chi connectivity index (χ2v) is 5.00. The lowest BCUT2D eigenvalue weighted by molar-refractivity contribution is -0.122. The van der Waals surface area contributed by atoms with Gasteiger partial charge >= 0.3 is 0 Å². The van der Waals surface area contributed by atoms with Gasteiger partial charge in [0.2, 0.25) is 5.91 Å². The molecule has 0 radical (unpaired) electrons. The van der Waals surface area contributed by atoms with Crippen LogP contribution in [-0.2, 0) is 4.79 Å². The molecule has 0 heterocycles. The molecule has 0 aliphatic heterocycles. The molecule has 1 rings (SSSR count). The van der Waals surface area contributed by atoms with E-state index in [0.717, 1.165) is 38.5 Å². The summed E-state index contributed by atoms with van der Waals surface area (Å²) < 4.78 is 0. The van der Waals surface area contributed by atoms with Crippen LogP contribution in [0.15, 0.2) is 0 Å². The summed E-state index contributed by atoms with van der Waals surface area (Å²) in [6.45, 7) is 0.898. The van der Waals surface area contributed by atoms with Crippen molar-refractivity contribution in [1.29, 1.82) is 0 Å². The molecule has 0 aromatic heterocycles. The Balaban J connectivity index is 2.19. The monoisotopic (exact) mass is 242 g/mol. The van der Waals surface area contributed by atoms with E-state index in [2.05, 4.69) is 5.32 Å². The number of hydrogen-bond donors (Lipinski definition) is 3. The van der Waals surface area contributed by atoms with Crippen LogP contribution in [0.4, 0.5) is 0 Å². The van der Waals surface area contributed by atoms with Crippen LogP contribution < -0.4 is 11.1 Å². The number of hydrogen-bond acceptors (Lipinski definition) is 3. The number of amides is 1. The van der Waals surface area contributed by atoms with E-state index < -0.39 is 0 Å². The zero-order chi connectivity index (χ0) is 12.5. The molecular formula is C13H26N2O2. The topological polar surface area (TPSA) is 75.4 Å². The normalized spacial score (nSPS) is 24.6. The maximum Gasteiger partial charge on any atom is 0.220 e. The molecular weight excluding hydrogens is 216 g/mol. The summed E-state index contributed by atoms with van der Waals surface area (Å²) in [4.78, 5) is 11.7. The minimum Gasteiger partial charge on any atom is -0.396 e. The van der Waals surface area contributed by atoms with Gasteiger partial charge in [-0.05, 0) is 32.2 Å². The molecule has 1 saturated carbocycles. The summed E-state index contributed by atoms with van der Waals surface area (Å²) in [5.41, 5.74) is 5.40. The molecule has 100 valence electrons. The van der Waals surface area contributed by atoms with Crippen LogP contribution >= 0.6 is 0 Å². The largest absolute Gasteiger partial charge is 0.396 e. The zero-order valence-corrected chi connectivity index (χ0v) is 10.7. The molecule has 0 saturated heterocycles. The second-order valence-electron chi connectivity index (χ2n) is 5.00. The zero-order valence-electron chi connectivity index (χ0n) is 10.7. The maximum absolute atomic E-state index is 11.7. The Morgan fingerprint density at radius 3 is 2.71 bits per heavy atom. The lowest BCUT2D eigenvalue weighted by Gasteiger charge is -2.30. The van der Waals surface area contributed by atoms with Gasteiger partial charge in [-0.1, -0.05) is 19.3 Å². The lowest BCUT2D eigenvalue weighted by Crippen LogP contribution is -2.43. The SMILES string of the molecule is NCCCCCC(=O)NC1CCCCC1CO. The Labute approximate surface area is 104 Å². The molecule has 4 N–H and O–H groups in total. The number of aliphatic hydroxyl groups excluding tert-OH is 1. The minimum atomic E-state index is 0.132. The quantitative estimate of drug-likeness (QED) is 0.587. The van der Waals surface area contributed by atoms with E-state index in [4.69, 9.17) is 5.73 Å². The first-order valence-electron chi connectivity index (χ1n) is 6.88. The molecule has 0 bridgehead atoms. The fourth-order valence-electron chi connectivity index (χ4n) is 2.50. The Kier molecular flexibility index (Phi) is 7.21. The molecule has 1 aliphatic carbocycles. The van der Waals surface area contributed by atoms with Crippen LogP contribution in [0.3, 0.4) is 0 Å². The van der Waals surface area contributed by atoms with Gasteiger partial charge in [0.1, 0.15) is 0 Å². The highest BCUT2D eigenvalue weighted by Crippen LogP contribution is 2.24. The van der Waals surface area contributed by atoms with E-state index in [-0.39, 0.29) is 24.5 Å². The molecule has 4 heteroatoms. The summed E-state index contributed by atoms with van der Waals surface area (Å²) in [7, 11) is 0. The molecule has 0 aromatic carbocycles. The summed E-state index contributed by atoms with van der Waals surface area (Å²) in [6.07, 6.45) is 7.92. The Bertz CT molecular complexity index is 221. The predicted octanol–water partition coefficient (Wildman–Crippen LogP) is 1.17. The lowest BCUT2D eigenvalue weighted by atomic mass is 9.85. The van der Waals surface area contributed by atoms with E-state index in [1.165, 1.54) is 6.42 Å².